The Morgan fingerprint density at radius 3 is 2.39 bits per heavy atom. The van der Waals surface area contributed by atoms with Gasteiger partial charge < -0.3 is 10.5 Å². The largest absolute Gasteiger partial charge is 0.437 e. The summed E-state index contributed by atoms with van der Waals surface area (Å²) in [5.41, 5.74) is 7.59. The minimum Gasteiger partial charge on any atom is -0.437 e. The smallest absolute Gasteiger partial charge is 0.233 e. The monoisotopic (exact) mass is 310 g/mol. The van der Waals surface area contributed by atoms with Gasteiger partial charge >= 0.3 is 0 Å². The molecule has 5 heteroatoms. The highest BCUT2D eigenvalue weighted by molar-refractivity contribution is 9.10. The Hall–Kier alpha value is -1.62. The van der Waals surface area contributed by atoms with Crippen LogP contribution in [0.25, 0.3) is 0 Å². The summed E-state index contributed by atoms with van der Waals surface area (Å²) < 4.78 is 19.5. The van der Waals surface area contributed by atoms with E-state index in [1.807, 2.05) is 0 Å². The van der Waals surface area contributed by atoms with Gasteiger partial charge in [-0.1, -0.05) is 0 Å². The van der Waals surface area contributed by atoms with E-state index in [4.69, 9.17) is 10.5 Å². The van der Waals surface area contributed by atoms with Crippen LogP contribution in [0.15, 0.2) is 28.9 Å². The highest BCUT2D eigenvalue weighted by Crippen LogP contribution is 2.33. The lowest BCUT2D eigenvalue weighted by Gasteiger charge is -2.12. The van der Waals surface area contributed by atoms with Crippen LogP contribution in [0.2, 0.25) is 0 Å². The summed E-state index contributed by atoms with van der Waals surface area (Å²) in [7, 11) is 0. The molecule has 0 fully saturated rings. The summed E-state index contributed by atoms with van der Waals surface area (Å²) in [6, 6.07) is 4.55. The number of nitrogens with two attached hydrogens (primary N) is 1. The number of halogens is 2. The molecule has 2 aromatic rings. The maximum atomic E-state index is 13.2. The first-order valence-corrected chi connectivity index (χ1v) is 6.12. The molecular formula is C13H12BrFN2O. The molecule has 0 spiro atoms. The van der Waals surface area contributed by atoms with Crippen molar-refractivity contribution >= 4 is 21.6 Å². The zero-order chi connectivity index (χ0) is 13.3. The number of hydrogen-bond donors (Lipinski definition) is 1. The van der Waals surface area contributed by atoms with Crippen molar-refractivity contribution in [2.75, 3.05) is 5.73 Å². The van der Waals surface area contributed by atoms with Gasteiger partial charge in [-0.2, -0.15) is 0 Å². The molecule has 1 heterocycles. The van der Waals surface area contributed by atoms with Crippen LogP contribution in [-0.2, 0) is 0 Å². The van der Waals surface area contributed by atoms with E-state index >= 15 is 0 Å². The number of aromatic nitrogens is 1. The highest BCUT2D eigenvalue weighted by Gasteiger charge is 2.11. The van der Waals surface area contributed by atoms with Gasteiger partial charge in [0.15, 0.2) is 0 Å². The molecule has 0 amide bonds. The number of ether oxygens (including phenoxy) is 1. The quantitative estimate of drug-likeness (QED) is 0.913. The molecule has 0 saturated heterocycles. The molecule has 0 unspecified atom stereocenters. The molecular weight excluding hydrogens is 299 g/mol. The third kappa shape index (κ3) is 2.61. The van der Waals surface area contributed by atoms with Gasteiger partial charge in [0.05, 0.1) is 16.4 Å². The minimum absolute atomic E-state index is 0.276. The Kier molecular flexibility index (Phi) is 3.52. The first-order valence-electron chi connectivity index (χ1n) is 5.33. The predicted octanol–water partition coefficient (Wildman–Crippen LogP) is 3.97. The van der Waals surface area contributed by atoms with Crippen LogP contribution in [0.4, 0.5) is 10.1 Å². The number of rotatable bonds is 2. The summed E-state index contributed by atoms with van der Waals surface area (Å²) in [4.78, 5) is 4.09. The van der Waals surface area contributed by atoms with Crippen LogP contribution >= 0.6 is 15.9 Å². The minimum atomic E-state index is -0.276. The van der Waals surface area contributed by atoms with Crippen molar-refractivity contribution in [2.24, 2.45) is 0 Å². The van der Waals surface area contributed by atoms with Crippen LogP contribution in [0, 0.1) is 19.7 Å². The van der Waals surface area contributed by atoms with E-state index in [0.29, 0.717) is 21.8 Å². The van der Waals surface area contributed by atoms with E-state index in [2.05, 4.69) is 20.9 Å². The van der Waals surface area contributed by atoms with Gasteiger partial charge in [-0.15, -0.1) is 0 Å². The fraction of sp³-hybridized carbons (Fsp3) is 0.154. The second-order valence-electron chi connectivity index (χ2n) is 4.03. The molecule has 2 N–H and O–H groups in total. The van der Waals surface area contributed by atoms with Crippen molar-refractivity contribution < 1.29 is 9.13 Å². The molecule has 0 radical (unpaired) electrons. The summed E-state index contributed by atoms with van der Waals surface area (Å²) >= 11 is 3.33. The predicted molar refractivity (Wildman–Crippen MR) is 72.3 cm³/mol. The first kappa shape index (κ1) is 12.8. The van der Waals surface area contributed by atoms with Crippen molar-refractivity contribution in [3.8, 4) is 11.6 Å². The third-order valence-corrected chi connectivity index (χ3v) is 3.02. The number of hydrogen-bond acceptors (Lipinski definition) is 3. The van der Waals surface area contributed by atoms with Crippen LogP contribution in [0.1, 0.15) is 11.1 Å². The van der Waals surface area contributed by atoms with Crippen LogP contribution in [-0.4, -0.2) is 4.98 Å². The third-order valence-electron chi connectivity index (χ3n) is 2.45. The van der Waals surface area contributed by atoms with E-state index in [-0.39, 0.29) is 5.82 Å². The van der Waals surface area contributed by atoms with Crippen molar-refractivity contribution in [3.63, 3.8) is 0 Å². The van der Waals surface area contributed by atoms with E-state index in [9.17, 15) is 4.39 Å². The Morgan fingerprint density at radius 2 is 1.83 bits per heavy atom. The van der Waals surface area contributed by atoms with Gasteiger partial charge in [0, 0.05) is 0 Å². The molecule has 0 aliphatic heterocycles. The average molecular weight is 311 g/mol. The molecule has 2 rings (SSSR count). The van der Waals surface area contributed by atoms with E-state index in [0.717, 1.165) is 11.1 Å². The van der Waals surface area contributed by atoms with Crippen LogP contribution < -0.4 is 10.5 Å². The van der Waals surface area contributed by atoms with Gasteiger partial charge in [-0.3, -0.25) is 0 Å². The van der Waals surface area contributed by atoms with E-state index < -0.39 is 0 Å². The fourth-order valence-corrected chi connectivity index (χ4v) is 2.12. The summed E-state index contributed by atoms with van der Waals surface area (Å²) in [5.74, 6) is 0.734. The normalized spacial score (nSPS) is 10.4. The molecule has 0 aliphatic rings. The topological polar surface area (TPSA) is 48.1 Å². The number of benzene rings is 1. The summed E-state index contributed by atoms with van der Waals surface area (Å²) in [5, 5.41) is 0. The van der Waals surface area contributed by atoms with Crippen molar-refractivity contribution in [3.05, 3.63) is 45.8 Å². The standard InChI is InChI=1S/C13H12BrFN2O/c1-7-3-9(15)4-8(2)12(7)18-13-11(14)5-10(16)6-17-13/h3-6H,16H2,1-2H3. The molecule has 18 heavy (non-hydrogen) atoms. The Balaban J connectivity index is 2.40. The average Bonchev–Trinajstić information content (AvgIpc) is 2.25. The zero-order valence-corrected chi connectivity index (χ0v) is 11.6. The molecule has 0 atom stereocenters. The second kappa shape index (κ2) is 4.94. The first-order chi connectivity index (χ1) is 8.47. The molecule has 3 nitrogen and oxygen atoms in total. The van der Waals surface area contributed by atoms with Crippen molar-refractivity contribution in [1.82, 2.24) is 4.98 Å². The Bertz CT molecular complexity index is 579. The number of aryl methyl sites for hydroxylation is 2. The lowest BCUT2D eigenvalue weighted by molar-refractivity contribution is 0.451. The van der Waals surface area contributed by atoms with Crippen LogP contribution in [0.5, 0.6) is 11.6 Å². The maximum absolute atomic E-state index is 13.2. The Labute approximate surface area is 113 Å². The van der Waals surface area contributed by atoms with Gasteiger partial charge in [0.25, 0.3) is 0 Å². The lowest BCUT2D eigenvalue weighted by atomic mass is 10.1. The second-order valence-corrected chi connectivity index (χ2v) is 4.88. The number of nitrogen functional groups attached to an aromatic ring is 1. The molecule has 0 saturated carbocycles. The van der Waals surface area contributed by atoms with Gasteiger partial charge in [-0.25, -0.2) is 9.37 Å². The van der Waals surface area contributed by atoms with Crippen LogP contribution in [0.3, 0.4) is 0 Å². The number of anilines is 1. The highest BCUT2D eigenvalue weighted by atomic mass is 79.9. The molecule has 1 aromatic carbocycles. The lowest BCUT2D eigenvalue weighted by Crippen LogP contribution is -1.96. The molecule has 94 valence electrons. The van der Waals surface area contributed by atoms with E-state index in [1.165, 1.54) is 18.3 Å². The SMILES string of the molecule is Cc1cc(F)cc(C)c1Oc1ncc(N)cc1Br. The van der Waals surface area contributed by atoms with Gasteiger partial charge in [0.1, 0.15) is 11.6 Å². The summed E-state index contributed by atoms with van der Waals surface area (Å²) in [6.45, 7) is 3.58. The van der Waals surface area contributed by atoms with Gasteiger partial charge in [0.2, 0.25) is 5.88 Å². The van der Waals surface area contributed by atoms with Crippen molar-refractivity contribution in [1.29, 1.82) is 0 Å². The molecule has 0 bridgehead atoms. The molecule has 0 aliphatic carbocycles. The van der Waals surface area contributed by atoms with Crippen molar-refractivity contribution in [2.45, 2.75) is 13.8 Å². The number of pyridine rings is 1. The maximum Gasteiger partial charge on any atom is 0.233 e. The van der Waals surface area contributed by atoms with E-state index in [1.54, 1.807) is 19.9 Å². The van der Waals surface area contributed by atoms with Gasteiger partial charge in [-0.05, 0) is 59.1 Å². The fourth-order valence-electron chi connectivity index (χ4n) is 1.67. The number of nitrogens with zero attached hydrogens (tertiary/aromatic N) is 1. The zero-order valence-electron chi connectivity index (χ0n) is 10.00. The summed E-state index contributed by atoms with van der Waals surface area (Å²) in [6.07, 6.45) is 1.51. The molecule has 1 aromatic heterocycles. The Morgan fingerprint density at radius 1 is 1.22 bits per heavy atom.